The van der Waals surface area contributed by atoms with Crippen molar-refractivity contribution in [1.82, 2.24) is 14.5 Å². The molecule has 0 aliphatic heterocycles. The third-order valence-corrected chi connectivity index (χ3v) is 4.92. The highest BCUT2D eigenvalue weighted by Gasteiger charge is 2.31. The number of pyridine rings is 1. The Morgan fingerprint density at radius 3 is 2.17 bits per heavy atom. The number of ether oxygens (including phenoxy) is 2. The number of aromatic nitrogens is 3. The van der Waals surface area contributed by atoms with Crippen LogP contribution in [0.3, 0.4) is 0 Å². The zero-order chi connectivity index (χ0) is 26.1. The Morgan fingerprint density at radius 1 is 0.944 bits per heavy atom. The first-order valence-electron chi connectivity index (χ1n) is 10.2. The Morgan fingerprint density at radius 2 is 1.58 bits per heavy atom. The van der Waals surface area contributed by atoms with Crippen LogP contribution in [-0.2, 0) is 0 Å². The summed E-state index contributed by atoms with van der Waals surface area (Å²) in [6, 6.07) is 12.4. The molecule has 0 saturated carbocycles. The Hall–Kier alpha value is -4.29. The van der Waals surface area contributed by atoms with E-state index in [1.807, 2.05) is 5.32 Å². The molecular weight excluding hydrogens is 494 g/mol. The van der Waals surface area contributed by atoms with E-state index in [0.717, 1.165) is 16.7 Å². The number of nitrogens with zero attached hydrogens (tertiary/aromatic N) is 3. The predicted molar refractivity (Wildman–Crippen MR) is 118 cm³/mol. The van der Waals surface area contributed by atoms with E-state index in [2.05, 4.69) is 14.7 Å². The minimum absolute atomic E-state index is 0.0542. The Kier molecular flexibility index (Phi) is 6.48. The molecule has 0 spiro atoms. The first kappa shape index (κ1) is 24.8. The summed E-state index contributed by atoms with van der Waals surface area (Å²) >= 11 is 0. The average Bonchev–Trinajstić information content (AvgIpc) is 2.82. The summed E-state index contributed by atoms with van der Waals surface area (Å²) in [5.74, 6) is -0.358. The molecule has 0 fully saturated rings. The van der Waals surface area contributed by atoms with Crippen LogP contribution in [0.4, 0.5) is 32.3 Å². The van der Waals surface area contributed by atoms with Crippen LogP contribution in [0.15, 0.2) is 65.6 Å². The van der Waals surface area contributed by atoms with Crippen LogP contribution in [0.1, 0.15) is 0 Å². The minimum Gasteiger partial charge on any atom is -0.497 e. The minimum atomic E-state index is -4.91. The van der Waals surface area contributed by atoms with Gasteiger partial charge in [0.1, 0.15) is 18.0 Å². The van der Waals surface area contributed by atoms with E-state index in [-0.39, 0.29) is 22.8 Å². The fourth-order valence-electron chi connectivity index (χ4n) is 3.38. The largest absolute Gasteiger partial charge is 0.573 e. The van der Waals surface area contributed by atoms with E-state index in [1.54, 1.807) is 24.3 Å². The van der Waals surface area contributed by atoms with E-state index in [1.165, 1.54) is 31.5 Å². The number of hydrogen-bond acceptors (Lipinski definition) is 6. The molecule has 0 aliphatic rings. The van der Waals surface area contributed by atoms with Crippen molar-refractivity contribution >= 4 is 17.0 Å². The second-order valence-corrected chi connectivity index (χ2v) is 7.41. The lowest BCUT2D eigenvalue weighted by molar-refractivity contribution is -0.274. The number of methoxy groups -OCH3 is 1. The van der Waals surface area contributed by atoms with Gasteiger partial charge in [-0.25, -0.2) is 4.98 Å². The van der Waals surface area contributed by atoms with E-state index < -0.39 is 30.4 Å². The lowest BCUT2D eigenvalue weighted by atomic mass is 10.1. The molecule has 188 valence electrons. The Bertz CT molecular complexity index is 1430. The van der Waals surface area contributed by atoms with E-state index in [0.29, 0.717) is 16.7 Å². The summed E-state index contributed by atoms with van der Waals surface area (Å²) in [6.45, 7) is -1.41. The van der Waals surface area contributed by atoms with Crippen molar-refractivity contribution in [2.45, 2.75) is 12.5 Å². The quantitative estimate of drug-likeness (QED) is 0.354. The number of halogens is 6. The number of anilines is 1. The average molecular weight is 510 g/mol. The van der Waals surface area contributed by atoms with Gasteiger partial charge in [0, 0.05) is 17.1 Å². The molecule has 0 radical (unpaired) electrons. The maximum atomic E-state index is 13.5. The Labute approximate surface area is 198 Å². The van der Waals surface area contributed by atoms with Crippen LogP contribution in [0.2, 0.25) is 0 Å². The van der Waals surface area contributed by atoms with Crippen LogP contribution in [0, 0.1) is 0 Å². The summed E-state index contributed by atoms with van der Waals surface area (Å²) in [4.78, 5) is 21.5. The molecule has 2 heterocycles. The summed E-state index contributed by atoms with van der Waals surface area (Å²) in [5, 5.41) is 2.35. The van der Waals surface area contributed by atoms with Crippen molar-refractivity contribution in [2.75, 3.05) is 19.0 Å². The summed E-state index contributed by atoms with van der Waals surface area (Å²) < 4.78 is 85.6. The Balaban J connectivity index is 1.88. The second-order valence-electron chi connectivity index (χ2n) is 7.41. The van der Waals surface area contributed by atoms with Gasteiger partial charge in [-0.1, -0.05) is 12.1 Å². The number of hydrogen-bond donors (Lipinski definition) is 1. The van der Waals surface area contributed by atoms with Gasteiger partial charge >= 0.3 is 12.5 Å². The van der Waals surface area contributed by atoms with Gasteiger partial charge in [-0.3, -0.25) is 9.36 Å². The van der Waals surface area contributed by atoms with Crippen LogP contribution < -0.4 is 20.3 Å². The normalized spacial score (nSPS) is 12.0. The highest BCUT2D eigenvalue weighted by Crippen LogP contribution is 2.27. The van der Waals surface area contributed by atoms with Crippen LogP contribution >= 0.6 is 0 Å². The molecule has 0 atom stereocenters. The molecule has 2 aromatic carbocycles. The lowest BCUT2D eigenvalue weighted by Gasteiger charge is -2.15. The smallest absolute Gasteiger partial charge is 0.497 e. The first-order valence-corrected chi connectivity index (χ1v) is 10.2. The molecular formula is C23H16F6N4O3. The molecule has 7 nitrogen and oxygen atoms in total. The fraction of sp³-hybridized carbons (Fsp3) is 0.174. The van der Waals surface area contributed by atoms with Crippen LogP contribution in [-0.4, -0.2) is 40.7 Å². The molecule has 0 amide bonds. The molecule has 0 saturated heterocycles. The predicted octanol–water partition coefficient (Wildman–Crippen LogP) is 5.33. The van der Waals surface area contributed by atoms with Gasteiger partial charge in [0.15, 0.2) is 5.65 Å². The molecule has 2 aromatic heterocycles. The molecule has 36 heavy (non-hydrogen) atoms. The standard InChI is InChI=1S/C23H16F6N4O3/c1-35-16-6-2-13(3-7-16)18-10-14-11-30-21(31-12-22(24,25)26)32-19(14)33(20(18)34)15-4-8-17(9-5-15)36-23(27,28)29/h2-11H,12H2,1H3,(H,30,31,32). The number of rotatable bonds is 6. The third-order valence-electron chi connectivity index (χ3n) is 4.92. The highest BCUT2D eigenvalue weighted by atomic mass is 19.4. The summed E-state index contributed by atoms with van der Waals surface area (Å²) in [5.41, 5.74) is 0.127. The SMILES string of the molecule is COc1ccc(-c2cc3cnc(NCC(F)(F)F)nc3n(-c3ccc(OC(F)(F)F)cc3)c2=O)cc1. The van der Waals surface area contributed by atoms with Crippen molar-refractivity contribution in [3.63, 3.8) is 0 Å². The highest BCUT2D eigenvalue weighted by molar-refractivity contribution is 5.83. The molecule has 0 unspecified atom stereocenters. The lowest BCUT2D eigenvalue weighted by Crippen LogP contribution is -2.24. The van der Waals surface area contributed by atoms with Crippen molar-refractivity contribution in [3.05, 3.63) is 71.1 Å². The fourth-order valence-corrected chi connectivity index (χ4v) is 3.38. The van der Waals surface area contributed by atoms with Crippen LogP contribution in [0.25, 0.3) is 27.8 Å². The van der Waals surface area contributed by atoms with Crippen LogP contribution in [0.5, 0.6) is 11.5 Å². The van der Waals surface area contributed by atoms with Gasteiger partial charge in [0.2, 0.25) is 5.95 Å². The molecule has 13 heteroatoms. The van der Waals surface area contributed by atoms with E-state index in [9.17, 15) is 31.1 Å². The maximum absolute atomic E-state index is 13.5. The van der Waals surface area contributed by atoms with Gasteiger partial charge in [0.05, 0.1) is 12.8 Å². The molecule has 4 rings (SSSR count). The number of nitrogens with one attached hydrogen (secondary N) is 1. The second kappa shape index (κ2) is 9.40. The van der Waals surface area contributed by atoms with E-state index >= 15 is 0 Å². The molecule has 4 aromatic rings. The zero-order valence-electron chi connectivity index (χ0n) is 18.3. The third kappa shape index (κ3) is 5.67. The topological polar surface area (TPSA) is 78.3 Å². The molecule has 0 bridgehead atoms. The zero-order valence-corrected chi connectivity index (χ0v) is 18.3. The maximum Gasteiger partial charge on any atom is 0.573 e. The first-order chi connectivity index (χ1) is 16.9. The van der Waals surface area contributed by atoms with Crippen molar-refractivity contribution < 1.29 is 35.8 Å². The van der Waals surface area contributed by atoms with Gasteiger partial charge in [-0.2, -0.15) is 18.2 Å². The van der Waals surface area contributed by atoms with Gasteiger partial charge < -0.3 is 14.8 Å². The van der Waals surface area contributed by atoms with Gasteiger partial charge in [-0.05, 0) is 48.0 Å². The van der Waals surface area contributed by atoms with Gasteiger partial charge in [0.25, 0.3) is 5.56 Å². The van der Waals surface area contributed by atoms with Crippen molar-refractivity contribution in [1.29, 1.82) is 0 Å². The van der Waals surface area contributed by atoms with Crippen molar-refractivity contribution in [3.8, 4) is 28.3 Å². The van der Waals surface area contributed by atoms with Crippen molar-refractivity contribution in [2.24, 2.45) is 0 Å². The molecule has 0 aliphatic carbocycles. The number of benzene rings is 2. The monoisotopic (exact) mass is 510 g/mol. The van der Waals surface area contributed by atoms with E-state index in [4.69, 9.17) is 4.74 Å². The summed E-state index contributed by atoms with van der Waals surface area (Å²) in [7, 11) is 1.48. The number of alkyl halides is 6. The summed E-state index contributed by atoms with van der Waals surface area (Å²) in [6.07, 6.45) is -8.21. The molecule has 1 N–H and O–H groups in total. The van der Waals surface area contributed by atoms with Gasteiger partial charge in [-0.15, -0.1) is 13.2 Å². The number of fused-ring (bicyclic) bond motifs is 1.